The van der Waals surface area contributed by atoms with E-state index in [4.69, 9.17) is 9.47 Å². The minimum atomic E-state index is -0.331. The summed E-state index contributed by atoms with van der Waals surface area (Å²) < 4.78 is 10.7. The maximum absolute atomic E-state index is 11.8. The second-order valence-electron chi connectivity index (χ2n) is 4.47. The Kier molecular flexibility index (Phi) is 4.76. The molecule has 1 fully saturated rings. The molecule has 0 amide bonds. The van der Waals surface area contributed by atoms with Crippen LogP contribution in [0.4, 0.5) is 5.13 Å². The lowest BCUT2D eigenvalue weighted by atomic mass is 10.2. The van der Waals surface area contributed by atoms with E-state index in [2.05, 4.69) is 16.8 Å². The van der Waals surface area contributed by atoms with Gasteiger partial charge in [-0.15, -0.1) is 11.3 Å². The van der Waals surface area contributed by atoms with Crippen LogP contribution in [0.5, 0.6) is 0 Å². The van der Waals surface area contributed by atoms with Gasteiger partial charge < -0.3 is 14.4 Å². The molecule has 0 aromatic carbocycles. The predicted octanol–water partition coefficient (Wildman–Crippen LogP) is 2.24. The van der Waals surface area contributed by atoms with Crippen molar-refractivity contribution in [1.82, 2.24) is 4.98 Å². The van der Waals surface area contributed by atoms with Crippen LogP contribution < -0.4 is 4.90 Å². The molecule has 1 saturated heterocycles. The van der Waals surface area contributed by atoms with Crippen LogP contribution in [0.15, 0.2) is 0 Å². The number of morpholine rings is 1. The largest absolute Gasteiger partial charge is 0.461 e. The van der Waals surface area contributed by atoms with E-state index >= 15 is 0 Å². The van der Waals surface area contributed by atoms with Crippen LogP contribution in [0.3, 0.4) is 0 Å². The SMILES string of the molecule is CCOC(=O)c1nc(N2CCOC(CC)C2)sc1C. The standard InChI is InChI=1S/C13H20N2O3S/c1-4-10-8-15(6-7-18-10)13-14-11(9(3)19-13)12(16)17-5-2/h10H,4-8H2,1-3H3. The molecule has 2 rings (SSSR count). The number of nitrogens with zero attached hydrogens (tertiary/aromatic N) is 2. The summed E-state index contributed by atoms with van der Waals surface area (Å²) in [5.74, 6) is -0.331. The van der Waals surface area contributed by atoms with Gasteiger partial charge in [0.05, 0.1) is 19.3 Å². The van der Waals surface area contributed by atoms with Crippen molar-refractivity contribution in [2.24, 2.45) is 0 Å². The molecule has 106 valence electrons. The number of anilines is 1. The first-order chi connectivity index (χ1) is 9.15. The normalized spacial score (nSPS) is 19.5. The molecule has 1 aliphatic rings. The minimum Gasteiger partial charge on any atom is -0.461 e. The van der Waals surface area contributed by atoms with Crippen molar-refractivity contribution in [3.8, 4) is 0 Å². The summed E-state index contributed by atoms with van der Waals surface area (Å²) in [4.78, 5) is 19.3. The first kappa shape index (κ1) is 14.3. The van der Waals surface area contributed by atoms with Gasteiger partial charge in [0, 0.05) is 18.0 Å². The van der Waals surface area contributed by atoms with Gasteiger partial charge in [0.1, 0.15) is 0 Å². The van der Waals surface area contributed by atoms with E-state index < -0.39 is 0 Å². The molecule has 0 saturated carbocycles. The Morgan fingerprint density at radius 2 is 2.37 bits per heavy atom. The van der Waals surface area contributed by atoms with Crippen LogP contribution in [-0.4, -0.2) is 43.4 Å². The number of aryl methyl sites for hydroxylation is 1. The lowest BCUT2D eigenvalue weighted by Gasteiger charge is -2.32. The Morgan fingerprint density at radius 3 is 3.05 bits per heavy atom. The molecule has 1 atom stereocenters. The molecule has 2 heterocycles. The van der Waals surface area contributed by atoms with Crippen molar-refractivity contribution in [2.45, 2.75) is 33.3 Å². The van der Waals surface area contributed by atoms with E-state index in [1.165, 1.54) is 0 Å². The van der Waals surface area contributed by atoms with Crippen molar-refractivity contribution in [1.29, 1.82) is 0 Å². The zero-order valence-corrected chi connectivity index (χ0v) is 12.5. The number of ether oxygens (including phenoxy) is 2. The quantitative estimate of drug-likeness (QED) is 0.794. The van der Waals surface area contributed by atoms with E-state index in [1.807, 2.05) is 6.92 Å². The second-order valence-corrected chi connectivity index (χ2v) is 5.65. The van der Waals surface area contributed by atoms with E-state index in [0.29, 0.717) is 18.9 Å². The zero-order valence-electron chi connectivity index (χ0n) is 11.6. The molecule has 6 heteroatoms. The highest BCUT2D eigenvalue weighted by molar-refractivity contribution is 7.15. The van der Waals surface area contributed by atoms with Crippen molar-refractivity contribution in [2.75, 3.05) is 31.2 Å². The van der Waals surface area contributed by atoms with E-state index in [0.717, 1.165) is 29.5 Å². The number of thiazole rings is 1. The maximum atomic E-state index is 11.8. The fraction of sp³-hybridized carbons (Fsp3) is 0.692. The van der Waals surface area contributed by atoms with Crippen LogP contribution in [0.2, 0.25) is 0 Å². The Labute approximate surface area is 117 Å². The second kappa shape index (κ2) is 6.34. The molecule has 1 aromatic heterocycles. The third kappa shape index (κ3) is 3.25. The van der Waals surface area contributed by atoms with Gasteiger partial charge in [-0.05, 0) is 20.3 Å². The molecule has 0 bridgehead atoms. The van der Waals surface area contributed by atoms with Gasteiger partial charge in [0.15, 0.2) is 10.8 Å². The average Bonchev–Trinajstić information content (AvgIpc) is 2.81. The highest BCUT2D eigenvalue weighted by atomic mass is 32.1. The Morgan fingerprint density at radius 1 is 1.58 bits per heavy atom. The predicted molar refractivity (Wildman–Crippen MR) is 75.1 cm³/mol. The first-order valence-corrected chi connectivity index (χ1v) is 7.48. The molecule has 1 unspecified atom stereocenters. The van der Waals surface area contributed by atoms with Gasteiger partial charge in [0.25, 0.3) is 0 Å². The number of aromatic nitrogens is 1. The lowest BCUT2D eigenvalue weighted by Crippen LogP contribution is -2.42. The molecule has 1 aromatic rings. The number of hydrogen-bond donors (Lipinski definition) is 0. The number of rotatable bonds is 4. The minimum absolute atomic E-state index is 0.254. The summed E-state index contributed by atoms with van der Waals surface area (Å²) in [6, 6.07) is 0. The van der Waals surface area contributed by atoms with Crippen molar-refractivity contribution >= 4 is 22.4 Å². The number of hydrogen-bond acceptors (Lipinski definition) is 6. The summed E-state index contributed by atoms with van der Waals surface area (Å²) >= 11 is 1.55. The van der Waals surface area contributed by atoms with Crippen molar-refractivity contribution in [3.05, 3.63) is 10.6 Å². The molecule has 0 aliphatic carbocycles. The summed E-state index contributed by atoms with van der Waals surface area (Å²) in [6.45, 7) is 8.58. The van der Waals surface area contributed by atoms with Gasteiger partial charge in [-0.1, -0.05) is 6.92 Å². The first-order valence-electron chi connectivity index (χ1n) is 6.66. The average molecular weight is 284 g/mol. The number of esters is 1. The fourth-order valence-electron chi connectivity index (χ4n) is 2.05. The molecular weight excluding hydrogens is 264 g/mol. The summed E-state index contributed by atoms with van der Waals surface area (Å²) in [7, 11) is 0. The van der Waals surface area contributed by atoms with Gasteiger partial charge in [-0.2, -0.15) is 0 Å². The highest BCUT2D eigenvalue weighted by Gasteiger charge is 2.24. The van der Waals surface area contributed by atoms with Gasteiger partial charge in [0.2, 0.25) is 0 Å². The monoisotopic (exact) mass is 284 g/mol. The molecule has 0 radical (unpaired) electrons. The summed E-state index contributed by atoms with van der Waals surface area (Å²) in [6.07, 6.45) is 1.25. The van der Waals surface area contributed by atoms with Crippen LogP contribution in [-0.2, 0) is 9.47 Å². The number of carbonyl (C=O) groups excluding carboxylic acids is 1. The van der Waals surface area contributed by atoms with Crippen LogP contribution in [0.25, 0.3) is 0 Å². The lowest BCUT2D eigenvalue weighted by molar-refractivity contribution is 0.0384. The van der Waals surface area contributed by atoms with Crippen LogP contribution in [0.1, 0.15) is 35.6 Å². The van der Waals surface area contributed by atoms with Gasteiger partial charge >= 0.3 is 5.97 Å². The Bertz CT molecular complexity index is 447. The van der Waals surface area contributed by atoms with Gasteiger partial charge in [-0.3, -0.25) is 0 Å². The smallest absolute Gasteiger partial charge is 0.358 e. The maximum Gasteiger partial charge on any atom is 0.358 e. The Hall–Kier alpha value is -1.14. The Balaban J connectivity index is 2.13. The molecule has 1 aliphatic heterocycles. The van der Waals surface area contributed by atoms with Crippen LogP contribution in [0, 0.1) is 6.92 Å². The number of carbonyl (C=O) groups is 1. The van der Waals surface area contributed by atoms with Crippen molar-refractivity contribution in [3.63, 3.8) is 0 Å². The van der Waals surface area contributed by atoms with Crippen molar-refractivity contribution < 1.29 is 14.3 Å². The topological polar surface area (TPSA) is 51.7 Å². The zero-order chi connectivity index (χ0) is 13.8. The molecule has 5 nitrogen and oxygen atoms in total. The molecule has 0 spiro atoms. The van der Waals surface area contributed by atoms with E-state index in [9.17, 15) is 4.79 Å². The third-order valence-corrected chi connectivity index (χ3v) is 4.15. The van der Waals surface area contributed by atoms with E-state index in [-0.39, 0.29) is 12.1 Å². The van der Waals surface area contributed by atoms with Gasteiger partial charge in [-0.25, -0.2) is 9.78 Å². The summed E-state index contributed by atoms with van der Waals surface area (Å²) in [5.41, 5.74) is 0.446. The third-order valence-electron chi connectivity index (χ3n) is 3.12. The fourth-order valence-corrected chi connectivity index (χ4v) is 2.98. The highest BCUT2D eigenvalue weighted by Crippen LogP contribution is 2.27. The van der Waals surface area contributed by atoms with E-state index in [1.54, 1.807) is 18.3 Å². The molecule has 19 heavy (non-hydrogen) atoms. The molecule has 0 N–H and O–H groups in total. The van der Waals surface area contributed by atoms with Crippen LogP contribution >= 0.6 is 11.3 Å². The molecular formula is C13H20N2O3S. The summed E-state index contributed by atoms with van der Waals surface area (Å²) in [5, 5.41) is 0.891.